The molecule has 5 nitrogen and oxygen atoms in total. The summed E-state index contributed by atoms with van der Waals surface area (Å²) in [5.74, 6) is -0.466. The van der Waals surface area contributed by atoms with E-state index in [4.69, 9.17) is 0 Å². The lowest BCUT2D eigenvalue weighted by Gasteiger charge is -2.21. The predicted molar refractivity (Wildman–Crippen MR) is 91.9 cm³/mol. The zero-order valence-electron chi connectivity index (χ0n) is 13.2. The quantitative estimate of drug-likeness (QED) is 0.810. The largest absolute Gasteiger partial charge is 0.396 e. The van der Waals surface area contributed by atoms with Crippen LogP contribution in [0.5, 0.6) is 0 Å². The lowest BCUT2D eigenvalue weighted by molar-refractivity contribution is 0.232. The third-order valence-corrected chi connectivity index (χ3v) is 8.89. The molecule has 0 aliphatic rings. The van der Waals surface area contributed by atoms with Crippen LogP contribution in [0.4, 0.5) is 0 Å². The number of hydrogen-bond donors (Lipinski definition) is 1. The maximum Gasteiger partial charge on any atom is 0.195 e. The van der Waals surface area contributed by atoms with Crippen LogP contribution >= 0.6 is 0 Å². The van der Waals surface area contributed by atoms with E-state index >= 15 is 0 Å². The van der Waals surface area contributed by atoms with Gasteiger partial charge in [-0.1, -0.05) is 43.3 Å². The molecule has 0 aromatic heterocycles. The molecule has 0 heterocycles. The zero-order chi connectivity index (χ0) is 17.8. The minimum atomic E-state index is -4.11. The summed E-state index contributed by atoms with van der Waals surface area (Å²) in [6.45, 7) is 1.33. The third kappa shape index (κ3) is 3.85. The molecule has 0 bridgehead atoms. The van der Waals surface area contributed by atoms with Gasteiger partial charge < -0.3 is 5.11 Å². The Morgan fingerprint density at radius 3 is 1.50 bits per heavy atom. The van der Waals surface area contributed by atoms with Gasteiger partial charge in [-0.2, -0.15) is 0 Å². The van der Waals surface area contributed by atoms with E-state index in [1.54, 1.807) is 43.3 Å². The van der Waals surface area contributed by atoms with Crippen LogP contribution < -0.4 is 0 Å². The summed E-state index contributed by atoms with van der Waals surface area (Å²) in [6.07, 6.45) is -0.176. The van der Waals surface area contributed by atoms with Gasteiger partial charge in [-0.3, -0.25) is 0 Å². The second-order valence-corrected chi connectivity index (χ2v) is 10.2. The molecule has 1 N–H and O–H groups in total. The zero-order valence-corrected chi connectivity index (χ0v) is 14.9. The van der Waals surface area contributed by atoms with Gasteiger partial charge in [-0.15, -0.1) is 0 Å². The van der Waals surface area contributed by atoms with Crippen LogP contribution in [0.2, 0.25) is 0 Å². The van der Waals surface area contributed by atoms with Gasteiger partial charge in [0.1, 0.15) is 0 Å². The first-order valence-corrected chi connectivity index (χ1v) is 10.6. The van der Waals surface area contributed by atoms with Crippen molar-refractivity contribution in [2.45, 2.75) is 27.7 Å². The Balaban J connectivity index is 2.58. The highest BCUT2D eigenvalue weighted by Crippen LogP contribution is 2.29. The molecule has 24 heavy (non-hydrogen) atoms. The Labute approximate surface area is 142 Å². The van der Waals surface area contributed by atoms with Crippen molar-refractivity contribution in [1.82, 2.24) is 0 Å². The molecule has 2 rings (SSSR count). The van der Waals surface area contributed by atoms with Crippen molar-refractivity contribution in [1.29, 1.82) is 0 Å². The predicted octanol–water partition coefficient (Wildman–Crippen LogP) is 2.28. The summed E-state index contributed by atoms with van der Waals surface area (Å²) in [4.78, 5) is -0.0840. The van der Waals surface area contributed by atoms with Crippen molar-refractivity contribution in [3.8, 4) is 0 Å². The molecule has 130 valence electrons. The Hall–Kier alpha value is -1.70. The van der Waals surface area contributed by atoms with Crippen molar-refractivity contribution in [2.24, 2.45) is 5.92 Å². The Kier molecular flexibility index (Phi) is 5.79. The summed E-state index contributed by atoms with van der Waals surface area (Å²) >= 11 is 0. The maximum absolute atomic E-state index is 12.9. The van der Waals surface area contributed by atoms with Crippen LogP contribution in [0.15, 0.2) is 70.5 Å². The number of hydrogen-bond acceptors (Lipinski definition) is 5. The minimum Gasteiger partial charge on any atom is -0.396 e. The Bertz CT molecular complexity index is 790. The summed E-state index contributed by atoms with van der Waals surface area (Å²) in [7, 11) is -8.22. The Morgan fingerprint density at radius 1 is 0.792 bits per heavy atom. The van der Waals surface area contributed by atoms with Gasteiger partial charge in [-0.05, 0) is 36.6 Å². The van der Waals surface area contributed by atoms with Crippen LogP contribution in [0.3, 0.4) is 0 Å². The first-order chi connectivity index (χ1) is 11.3. The van der Waals surface area contributed by atoms with E-state index in [1.807, 2.05) is 0 Å². The SMILES string of the molecule is CC(CO)CC(S(=O)(=O)c1ccccc1)S(=O)(=O)c1ccccc1. The fourth-order valence-electron chi connectivity index (χ4n) is 2.35. The molecule has 0 fully saturated rings. The molecule has 2 aromatic carbocycles. The standard InChI is InChI=1S/C17H20O5S2/c1-14(13-18)12-17(23(19,20)15-8-4-2-5-9-15)24(21,22)16-10-6-3-7-11-16/h2-11,14,17-18H,12-13H2,1H3. The van der Waals surface area contributed by atoms with Crippen molar-refractivity contribution < 1.29 is 21.9 Å². The fraction of sp³-hybridized carbons (Fsp3) is 0.294. The molecule has 7 heteroatoms. The van der Waals surface area contributed by atoms with Gasteiger partial charge in [0.25, 0.3) is 0 Å². The Morgan fingerprint density at radius 2 is 1.17 bits per heavy atom. The van der Waals surface area contributed by atoms with E-state index in [-0.39, 0.29) is 22.8 Å². The number of aliphatic hydroxyl groups excluding tert-OH is 1. The number of benzene rings is 2. The molecule has 0 spiro atoms. The molecular formula is C17H20O5S2. The molecule has 0 saturated heterocycles. The van der Waals surface area contributed by atoms with Gasteiger partial charge in [0.2, 0.25) is 0 Å². The maximum atomic E-state index is 12.9. The van der Waals surface area contributed by atoms with E-state index < -0.39 is 30.2 Å². The number of aliphatic hydroxyl groups is 1. The summed E-state index contributed by atoms with van der Waals surface area (Å²) in [6, 6.07) is 15.1. The smallest absolute Gasteiger partial charge is 0.195 e. The number of sulfone groups is 2. The highest BCUT2D eigenvalue weighted by molar-refractivity contribution is 8.09. The average Bonchev–Trinajstić information content (AvgIpc) is 2.60. The molecule has 0 aliphatic heterocycles. The van der Waals surface area contributed by atoms with Crippen LogP contribution in [-0.2, 0) is 19.7 Å². The fourth-order valence-corrected chi connectivity index (χ4v) is 7.19. The van der Waals surface area contributed by atoms with Gasteiger partial charge in [-0.25, -0.2) is 16.8 Å². The molecule has 0 amide bonds. The average molecular weight is 368 g/mol. The summed E-state index contributed by atoms with van der Waals surface area (Å²) in [5, 5.41) is 9.27. The molecular weight excluding hydrogens is 348 g/mol. The van der Waals surface area contributed by atoms with Crippen molar-refractivity contribution in [3.05, 3.63) is 60.7 Å². The van der Waals surface area contributed by atoms with Crippen LogP contribution in [0, 0.1) is 5.92 Å². The highest BCUT2D eigenvalue weighted by Gasteiger charge is 2.40. The van der Waals surface area contributed by atoms with Gasteiger partial charge in [0.15, 0.2) is 24.3 Å². The van der Waals surface area contributed by atoms with Crippen molar-refractivity contribution >= 4 is 19.7 Å². The number of rotatable bonds is 7. The monoisotopic (exact) mass is 368 g/mol. The van der Waals surface area contributed by atoms with E-state index in [0.717, 1.165) is 0 Å². The second-order valence-electron chi connectivity index (χ2n) is 5.67. The summed E-state index contributed by atoms with van der Waals surface area (Å²) < 4.78 is 50.1. The molecule has 2 aromatic rings. The van der Waals surface area contributed by atoms with Crippen molar-refractivity contribution in [3.63, 3.8) is 0 Å². The van der Waals surface area contributed by atoms with Crippen LogP contribution in [-0.4, -0.2) is 33.1 Å². The first kappa shape index (κ1) is 18.6. The van der Waals surface area contributed by atoms with Gasteiger partial charge in [0.05, 0.1) is 9.79 Å². The van der Waals surface area contributed by atoms with Gasteiger partial charge in [0, 0.05) is 6.61 Å². The second kappa shape index (κ2) is 7.46. The molecule has 0 saturated carbocycles. The normalized spacial score (nSPS) is 13.8. The van der Waals surface area contributed by atoms with E-state index in [1.165, 1.54) is 24.3 Å². The first-order valence-electron chi connectivity index (χ1n) is 7.49. The van der Waals surface area contributed by atoms with Crippen molar-refractivity contribution in [2.75, 3.05) is 6.61 Å². The highest BCUT2D eigenvalue weighted by atomic mass is 32.3. The molecule has 0 aliphatic carbocycles. The van der Waals surface area contributed by atoms with Crippen LogP contribution in [0.1, 0.15) is 13.3 Å². The molecule has 1 unspecified atom stereocenters. The van der Waals surface area contributed by atoms with E-state index in [2.05, 4.69) is 0 Å². The summed E-state index contributed by atoms with van der Waals surface area (Å²) in [5.41, 5.74) is 0. The lowest BCUT2D eigenvalue weighted by Crippen LogP contribution is -2.33. The third-order valence-electron chi connectivity index (χ3n) is 3.74. The minimum absolute atomic E-state index is 0.0420. The molecule has 1 atom stereocenters. The molecule has 0 radical (unpaired) electrons. The van der Waals surface area contributed by atoms with Crippen LogP contribution in [0.25, 0.3) is 0 Å². The van der Waals surface area contributed by atoms with Gasteiger partial charge >= 0.3 is 0 Å². The topological polar surface area (TPSA) is 88.5 Å². The van der Waals surface area contributed by atoms with E-state index in [0.29, 0.717) is 0 Å². The lowest BCUT2D eigenvalue weighted by atomic mass is 10.1. The van der Waals surface area contributed by atoms with E-state index in [9.17, 15) is 21.9 Å².